The molecule has 0 aromatic heterocycles. The van der Waals surface area contributed by atoms with Gasteiger partial charge in [-0.3, -0.25) is 0 Å². The molecule has 0 saturated heterocycles. The van der Waals surface area contributed by atoms with Crippen LogP contribution in [0.5, 0.6) is 11.5 Å². The number of aliphatic hydroxyl groups is 2. The van der Waals surface area contributed by atoms with Gasteiger partial charge in [0, 0.05) is 17.4 Å². The summed E-state index contributed by atoms with van der Waals surface area (Å²) < 4.78 is 23.6. The van der Waals surface area contributed by atoms with E-state index < -0.39 is 18.0 Å². The van der Waals surface area contributed by atoms with Crippen LogP contribution in [-0.2, 0) is 0 Å². The van der Waals surface area contributed by atoms with Crippen molar-refractivity contribution in [2.24, 2.45) is 0 Å². The van der Waals surface area contributed by atoms with Gasteiger partial charge in [-0.05, 0) is 6.07 Å². The first-order chi connectivity index (χ1) is 8.04. The zero-order valence-corrected chi connectivity index (χ0v) is 10.4. The molecule has 0 aliphatic heterocycles. The summed E-state index contributed by atoms with van der Waals surface area (Å²) in [6.07, 6.45) is -2.50. The Labute approximate surface area is 104 Å². The largest absolute Gasteiger partial charge is 0.493 e. The molecule has 0 aliphatic rings. The van der Waals surface area contributed by atoms with Gasteiger partial charge < -0.3 is 19.7 Å². The normalized spacial score (nSPS) is 14.2. The number of thiol groups is 1. The summed E-state index contributed by atoms with van der Waals surface area (Å²) in [7, 11) is 2.79. The second-order valence-electron chi connectivity index (χ2n) is 3.42. The first-order valence-electron chi connectivity index (χ1n) is 4.93. The molecule has 6 heteroatoms. The van der Waals surface area contributed by atoms with E-state index >= 15 is 0 Å². The molecule has 17 heavy (non-hydrogen) atoms. The van der Waals surface area contributed by atoms with Gasteiger partial charge in [-0.15, -0.1) is 0 Å². The molecule has 2 unspecified atom stereocenters. The van der Waals surface area contributed by atoms with E-state index in [0.717, 1.165) is 6.07 Å². The number of hydrogen-bond donors (Lipinski definition) is 3. The lowest BCUT2D eigenvalue weighted by molar-refractivity contribution is 0.0313. The lowest BCUT2D eigenvalue weighted by Crippen LogP contribution is -2.20. The maximum absolute atomic E-state index is 13.7. The van der Waals surface area contributed by atoms with E-state index in [4.69, 9.17) is 9.47 Å². The van der Waals surface area contributed by atoms with Gasteiger partial charge in [0.25, 0.3) is 0 Å². The fourth-order valence-corrected chi connectivity index (χ4v) is 1.60. The highest BCUT2D eigenvalue weighted by Crippen LogP contribution is 2.33. The van der Waals surface area contributed by atoms with Gasteiger partial charge in [0.05, 0.1) is 20.3 Å². The van der Waals surface area contributed by atoms with Crippen molar-refractivity contribution in [2.45, 2.75) is 12.2 Å². The Morgan fingerprint density at radius 2 is 1.76 bits per heavy atom. The van der Waals surface area contributed by atoms with Crippen molar-refractivity contribution in [3.8, 4) is 11.5 Å². The van der Waals surface area contributed by atoms with E-state index in [9.17, 15) is 14.6 Å². The second-order valence-corrected chi connectivity index (χ2v) is 3.79. The van der Waals surface area contributed by atoms with Crippen molar-refractivity contribution in [3.63, 3.8) is 0 Å². The predicted octanol–water partition coefficient (Wildman–Crippen LogP) is 1.17. The molecular weight excluding hydrogens is 247 g/mol. The zero-order chi connectivity index (χ0) is 13.0. The third kappa shape index (κ3) is 3.02. The quantitative estimate of drug-likeness (QED) is 0.697. The van der Waals surface area contributed by atoms with Gasteiger partial charge in [0.15, 0.2) is 11.5 Å². The molecule has 0 radical (unpaired) electrons. The number of ether oxygens (including phenoxy) is 2. The molecule has 1 rings (SSSR count). The van der Waals surface area contributed by atoms with Gasteiger partial charge in [-0.1, -0.05) is 0 Å². The summed E-state index contributed by atoms with van der Waals surface area (Å²) in [6.45, 7) is 0. The fraction of sp³-hybridized carbons (Fsp3) is 0.455. The molecule has 0 fully saturated rings. The fourth-order valence-electron chi connectivity index (χ4n) is 1.40. The van der Waals surface area contributed by atoms with Crippen molar-refractivity contribution >= 4 is 12.6 Å². The maximum atomic E-state index is 13.7. The van der Waals surface area contributed by atoms with Crippen LogP contribution in [0.1, 0.15) is 11.7 Å². The number of aliphatic hydroxyl groups excluding tert-OH is 2. The molecule has 0 aliphatic carbocycles. The Bertz CT molecular complexity index is 386. The summed E-state index contributed by atoms with van der Waals surface area (Å²) in [5.74, 6) is -0.138. The molecule has 1 aromatic carbocycles. The lowest BCUT2D eigenvalue weighted by Gasteiger charge is -2.18. The monoisotopic (exact) mass is 262 g/mol. The highest BCUT2D eigenvalue weighted by atomic mass is 32.1. The molecule has 0 spiro atoms. The van der Waals surface area contributed by atoms with Crippen molar-refractivity contribution in [2.75, 3.05) is 20.0 Å². The van der Waals surface area contributed by atoms with Crippen LogP contribution in [0.25, 0.3) is 0 Å². The van der Waals surface area contributed by atoms with Gasteiger partial charge >= 0.3 is 0 Å². The number of benzene rings is 1. The molecule has 96 valence electrons. The summed E-state index contributed by atoms with van der Waals surface area (Å²) in [5, 5.41) is 19.1. The second kappa shape index (κ2) is 6.09. The molecule has 0 heterocycles. The molecular formula is C11H15FO4S. The van der Waals surface area contributed by atoms with Crippen LogP contribution in [0.4, 0.5) is 4.39 Å². The van der Waals surface area contributed by atoms with Crippen molar-refractivity contribution in [1.29, 1.82) is 0 Å². The first-order valence-corrected chi connectivity index (χ1v) is 5.56. The van der Waals surface area contributed by atoms with Gasteiger partial charge in [-0.25, -0.2) is 4.39 Å². The Kier molecular flexibility index (Phi) is 5.04. The smallest absolute Gasteiger partial charge is 0.163 e. The predicted molar refractivity (Wildman–Crippen MR) is 64.3 cm³/mol. The van der Waals surface area contributed by atoms with Crippen molar-refractivity contribution in [1.82, 2.24) is 0 Å². The van der Waals surface area contributed by atoms with Crippen LogP contribution in [0.2, 0.25) is 0 Å². The average Bonchev–Trinajstić information content (AvgIpc) is 2.36. The van der Waals surface area contributed by atoms with Crippen molar-refractivity contribution in [3.05, 3.63) is 23.5 Å². The van der Waals surface area contributed by atoms with Crippen LogP contribution in [0.15, 0.2) is 12.1 Å². The van der Waals surface area contributed by atoms with E-state index in [1.165, 1.54) is 20.3 Å². The highest BCUT2D eigenvalue weighted by Gasteiger charge is 2.22. The molecule has 0 amide bonds. The molecule has 0 saturated carbocycles. The minimum atomic E-state index is -1.35. The molecule has 4 nitrogen and oxygen atoms in total. The first kappa shape index (κ1) is 14.1. The van der Waals surface area contributed by atoms with Crippen LogP contribution in [-0.4, -0.2) is 36.3 Å². The Morgan fingerprint density at radius 3 is 2.24 bits per heavy atom. The zero-order valence-electron chi connectivity index (χ0n) is 9.55. The lowest BCUT2D eigenvalue weighted by atomic mass is 10.0. The van der Waals surface area contributed by atoms with E-state index in [0.29, 0.717) is 0 Å². The van der Waals surface area contributed by atoms with Gasteiger partial charge in [0.1, 0.15) is 11.9 Å². The topological polar surface area (TPSA) is 58.9 Å². The van der Waals surface area contributed by atoms with E-state index in [-0.39, 0.29) is 22.8 Å². The van der Waals surface area contributed by atoms with Crippen LogP contribution in [0.3, 0.4) is 0 Å². The third-order valence-corrected chi connectivity index (χ3v) is 2.75. The summed E-state index contributed by atoms with van der Waals surface area (Å²) in [5.41, 5.74) is -0.0517. The number of methoxy groups -OCH3 is 2. The maximum Gasteiger partial charge on any atom is 0.163 e. The third-order valence-electron chi connectivity index (χ3n) is 2.37. The van der Waals surface area contributed by atoms with Gasteiger partial charge in [-0.2, -0.15) is 12.6 Å². The number of hydrogen-bond acceptors (Lipinski definition) is 5. The number of rotatable bonds is 5. The molecule has 2 atom stereocenters. The standard InChI is InChI=1S/C11H15FO4S/c1-15-9-3-6(11(14)8(13)5-17)7(12)4-10(9)16-2/h3-4,8,11,13-14,17H,5H2,1-2H3. The minimum absolute atomic E-state index is 0.0228. The molecule has 1 aromatic rings. The Hall–Kier alpha value is -0.980. The van der Waals surface area contributed by atoms with Crippen LogP contribution >= 0.6 is 12.6 Å². The molecule has 0 bridgehead atoms. The van der Waals surface area contributed by atoms with Crippen LogP contribution < -0.4 is 9.47 Å². The Balaban J connectivity index is 3.16. The van der Waals surface area contributed by atoms with Gasteiger partial charge in [0.2, 0.25) is 0 Å². The van der Waals surface area contributed by atoms with E-state index in [1.54, 1.807) is 0 Å². The van der Waals surface area contributed by atoms with E-state index in [1.807, 2.05) is 0 Å². The SMILES string of the molecule is COc1cc(F)c(C(O)C(O)CS)cc1OC. The summed E-state index contributed by atoms with van der Waals surface area (Å²) in [6, 6.07) is 2.40. The highest BCUT2D eigenvalue weighted by molar-refractivity contribution is 7.80. The molecule has 2 N–H and O–H groups in total. The van der Waals surface area contributed by atoms with Crippen LogP contribution in [0, 0.1) is 5.82 Å². The summed E-state index contributed by atoms with van der Waals surface area (Å²) >= 11 is 3.84. The summed E-state index contributed by atoms with van der Waals surface area (Å²) in [4.78, 5) is 0. The average molecular weight is 262 g/mol. The number of halogens is 1. The minimum Gasteiger partial charge on any atom is -0.493 e. The van der Waals surface area contributed by atoms with E-state index in [2.05, 4.69) is 12.6 Å². The Morgan fingerprint density at radius 1 is 1.24 bits per heavy atom. The van der Waals surface area contributed by atoms with Crippen molar-refractivity contribution < 1.29 is 24.1 Å².